The standard InChI is InChI=1S/C16H20F2N2O2S/c1-2-14(21)20-10-4-3-5-13(20)15(22)19-11-6-8-12(9-7-11)23-16(17)18/h6-9,13,16H,2-5,10H2,1H3,(H,19,22)/t13-/m1/s1. The van der Waals surface area contributed by atoms with Crippen LogP contribution < -0.4 is 5.32 Å². The van der Waals surface area contributed by atoms with Gasteiger partial charge in [-0.3, -0.25) is 9.59 Å². The fourth-order valence-electron chi connectivity index (χ4n) is 2.65. The van der Waals surface area contributed by atoms with Crippen LogP contribution in [0.25, 0.3) is 0 Å². The second-order valence-electron chi connectivity index (χ2n) is 5.34. The van der Waals surface area contributed by atoms with Gasteiger partial charge in [-0.15, -0.1) is 0 Å². The molecule has 1 aromatic carbocycles. The van der Waals surface area contributed by atoms with Crippen LogP contribution in [0.4, 0.5) is 14.5 Å². The Morgan fingerprint density at radius 1 is 1.30 bits per heavy atom. The van der Waals surface area contributed by atoms with Crippen LogP contribution in [0.2, 0.25) is 0 Å². The number of amides is 2. The van der Waals surface area contributed by atoms with Crippen LogP contribution >= 0.6 is 11.8 Å². The Kier molecular flexibility index (Phi) is 6.38. The Morgan fingerprint density at radius 2 is 2.00 bits per heavy atom. The Labute approximate surface area is 138 Å². The fourth-order valence-corrected chi connectivity index (χ4v) is 3.15. The average Bonchev–Trinajstić information content (AvgIpc) is 2.55. The zero-order chi connectivity index (χ0) is 16.8. The minimum Gasteiger partial charge on any atom is -0.331 e. The maximum absolute atomic E-state index is 12.4. The third-order valence-electron chi connectivity index (χ3n) is 3.78. The molecule has 1 N–H and O–H groups in total. The number of halogens is 2. The topological polar surface area (TPSA) is 49.4 Å². The van der Waals surface area contributed by atoms with E-state index in [-0.39, 0.29) is 11.8 Å². The smallest absolute Gasteiger partial charge is 0.288 e. The van der Waals surface area contributed by atoms with Gasteiger partial charge in [-0.1, -0.05) is 18.7 Å². The monoisotopic (exact) mass is 342 g/mol. The van der Waals surface area contributed by atoms with Crippen LogP contribution in [-0.2, 0) is 9.59 Å². The van der Waals surface area contributed by atoms with E-state index in [1.54, 1.807) is 36.1 Å². The van der Waals surface area contributed by atoms with Crippen LogP contribution in [0, 0.1) is 0 Å². The number of hydrogen-bond donors (Lipinski definition) is 1. The molecule has 0 unspecified atom stereocenters. The highest BCUT2D eigenvalue weighted by Gasteiger charge is 2.31. The molecule has 126 valence electrons. The van der Waals surface area contributed by atoms with Crippen LogP contribution in [-0.4, -0.2) is 35.1 Å². The highest BCUT2D eigenvalue weighted by Crippen LogP contribution is 2.26. The number of nitrogens with one attached hydrogen (secondary N) is 1. The lowest BCUT2D eigenvalue weighted by atomic mass is 10.0. The van der Waals surface area contributed by atoms with Gasteiger partial charge >= 0.3 is 0 Å². The predicted octanol–water partition coefficient (Wildman–Crippen LogP) is 3.73. The number of carbonyl (C=O) groups excluding carboxylic acids is 2. The van der Waals surface area contributed by atoms with E-state index in [1.807, 2.05) is 0 Å². The van der Waals surface area contributed by atoms with Crippen molar-refractivity contribution in [1.82, 2.24) is 4.90 Å². The van der Waals surface area contributed by atoms with E-state index in [0.717, 1.165) is 12.8 Å². The summed E-state index contributed by atoms with van der Waals surface area (Å²) in [6.45, 7) is 2.39. The molecule has 0 saturated carbocycles. The van der Waals surface area contributed by atoms with Crippen molar-refractivity contribution in [3.63, 3.8) is 0 Å². The maximum atomic E-state index is 12.4. The molecule has 1 aromatic rings. The summed E-state index contributed by atoms with van der Waals surface area (Å²) < 4.78 is 24.6. The van der Waals surface area contributed by atoms with E-state index in [2.05, 4.69) is 5.32 Å². The van der Waals surface area contributed by atoms with Gasteiger partial charge in [0.05, 0.1) is 0 Å². The van der Waals surface area contributed by atoms with Gasteiger partial charge in [0.15, 0.2) is 0 Å². The normalized spacial score (nSPS) is 18.1. The third-order valence-corrected chi connectivity index (χ3v) is 4.50. The summed E-state index contributed by atoms with van der Waals surface area (Å²) in [5, 5.41) is 2.77. The molecular weight excluding hydrogens is 322 g/mol. The highest BCUT2D eigenvalue weighted by molar-refractivity contribution is 7.99. The minimum atomic E-state index is -2.47. The number of rotatable bonds is 5. The Balaban J connectivity index is 2.00. The molecule has 0 radical (unpaired) electrons. The van der Waals surface area contributed by atoms with Crippen molar-refractivity contribution in [2.45, 2.75) is 49.3 Å². The molecule has 0 aliphatic carbocycles. The van der Waals surface area contributed by atoms with Crippen molar-refractivity contribution in [3.05, 3.63) is 24.3 Å². The van der Waals surface area contributed by atoms with E-state index in [0.29, 0.717) is 41.7 Å². The summed E-state index contributed by atoms with van der Waals surface area (Å²) in [5.74, 6) is -2.71. The molecule has 7 heteroatoms. The van der Waals surface area contributed by atoms with Gasteiger partial charge in [0.2, 0.25) is 11.8 Å². The van der Waals surface area contributed by atoms with E-state index in [1.165, 1.54) is 0 Å². The average molecular weight is 342 g/mol. The van der Waals surface area contributed by atoms with Gasteiger partial charge < -0.3 is 10.2 Å². The van der Waals surface area contributed by atoms with Gasteiger partial charge in [-0.2, -0.15) is 8.78 Å². The SMILES string of the molecule is CCC(=O)N1CCCC[C@@H]1C(=O)Nc1ccc(SC(F)F)cc1. The number of thioether (sulfide) groups is 1. The van der Waals surface area contributed by atoms with Crippen molar-refractivity contribution in [1.29, 1.82) is 0 Å². The Hall–Kier alpha value is -1.63. The first kappa shape index (κ1) is 17.7. The van der Waals surface area contributed by atoms with Crippen molar-refractivity contribution < 1.29 is 18.4 Å². The van der Waals surface area contributed by atoms with Crippen molar-refractivity contribution in [3.8, 4) is 0 Å². The zero-order valence-corrected chi connectivity index (χ0v) is 13.7. The quantitative estimate of drug-likeness (QED) is 0.830. The number of nitrogens with zero attached hydrogens (tertiary/aromatic N) is 1. The van der Waals surface area contributed by atoms with Crippen molar-refractivity contribution in [2.75, 3.05) is 11.9 Å². The summed E-state index contributed by atoms with van der Waals surface area (Å²) >= 11 is 0.462. The minimum absolute atomic E-state index is 0.0199. The zero-order valence-electron chi connectivity index (χ0n) is 12.9. The summed E-state index contributed by atoms with van der Waals surface area (Å²) in [7, 11) is 0. The van der Waals surface area contributed by atoms with Crippen LogP contribution in [0.5, 0.6) is 0 Å². The molecule has 0 spiro atoms. The van der Waals surface area contributed by atoms with Gasteiger partial charge in [0, 0.05) is 23.5 Å². The summed E-state index contributed by atoms with van der Waals surface area (Å²) in [4.78, 5) is 26.5. The molecule has 23 heavy (non-hydrogen) atoms. The third kappa shape index (κ3) is 4.92. The van der Waals surface area contributed by atoms with Gasteiger partial charge in [-0.25, -0.2) is 0 Å². The van der Waals surface area contributed by atoms with E-state index < -0.39 is 11.8 Å². The molecule has 0 bridgehead atoms. The number of anilines is 1. The number of carbonyl (C=O) groups is 2. The summed E-state index contributed by atoms with van der Waals surface area (Å²) in [6, 6.07) is 5.82. The largest absolute Gasteiger partial charge is 0.331 e. The lowest BCUT2D eigenvalue weighted by molar-refractivity contribution is -0.140. The second-order valence-corrected chi connectivity index (χ2v) is 6.41. The molecule has 2 amide bonds. The van der Waals surface area contributed by atoms with Crippen molar-refractivity contribution >= 4 is 29.3 Å². The number of benzene rings is 1. The summed E-state index contributed by atoms with van der Waals surface area (Å²) in [6.07, 6.45) is 2.85. The Morgan fingerprint density at radius 3 is 2.61 bits per heavy atom. The highest BCUT2D eigenvalue weighted by atomic mass is 32.2. The first-order valence-electron chi connectivity index (χ1n) is 7.66. The first-order chi connectivity index (χ1) is 11.0. The molecular formula is C16H20F2N2O2S. The number of piperidine rings is 1. The van der Waals surface area contributed by atoms with Gasteiger partial charge in [0.1, 0.15) is 6.04 Å². The predicted molar refractivity (Wildman–Crippen MR) is 86.6 cm³/mol. The molecule has 1 saturated heterocycles. The molecule has 1 heterocycles. The first-order valence-corrected chi connectivity index (χ1v) is 8.54. The molecule has 2 rings (SSSR count). The number of hydrogen-bond acceptors (Lipinski definition) is 3. The fraction of sp³-hybridized carbons (Fsp3) is 0.500. The van der Waals surface area contributed by atoms with Gasteiger partial charge in [-0.05, 0) is 43.5 Å². The lowest BCUT2D eigenvalue weighted by Gasteiger charge is -2.34. The molecule has 4 nitrogen and oxygen atoms in total. The lowest BCUT2D eigenvalue weighted by Crippen LogP contribution is -2.49. The number of likely N-dealkylation sites (tertiary alicyclic amines) is 1. The maximum Gasteiger partial charge on any atom is 0.288 e. The molecule has 1 aliphatic heterocycles. The van der Waals surface area contributed by atoms with E-state index >= 15 is 0 Å². The number of alkyl halides is 2. The van der Waals surface area contributed by atoms with Crippen LogP contribution in [0.3, 0.4) is 0 Å². The molecule has 0 aromatic heterocycles. The van der Waals surface area contributed by atoms with Crippen molar-refractivity contribution in [2.24, 2.45) is 0 Å². The van der Waals surface area contributed by atoms with E-state index in [9.17, 15) is 18.4 Å². The van der Waals surface area contributed by atoms with E-state index in [4.69, 9.17) is 0 Å². The molecule has 1 fully saturated rings. The van der Waals surface area contributed by atoms with Crippen LogP contribution in [0.15, 0.2) is 29.2 Å². The molecule has 1 aliphatic rings. The molecule has 1 atom stereocenters. The summed E-state index contributed by atoms with van der Waals surface area (Å²) in [5.41, 5.74) is 0.545. The van der Waals surface area contributed by atoms with Gasteiger partial charge in [0.25, 0.3) is 5.76 Å². The Bertz CT molecular complexity index is 552. The van der Waals surface area contributed by atoms with Crippen LogP contribution in [0.1, 0.15) is 32.6 Å². The second kappa shape index (κ2) is 8.29.